The fourth-order valence-corrected chi connectivity index (χ4v) is 1.48. The minimum atomic E-state index is -4.44. The average Bonchev–Trinajstić information content (AvgIpc) is 2.33. The molecule has 0 unspecified atom stereocenters. The van der Waals surface area contributed by atoms with E-state index in [0.717, 1.165) is 24.3 Å². The number of Topliss-reactive ketones (excluding diaryl/α,β-unsaturated/α-hetero) is 1. The van der Waals surface area contributed by atoms with Crippen molar-refractivity contribution in [3.05, 3.63) is 53.6 Å². The summed E-state index contributed by atoms with van der Waals surface area (Å²) in [6, 6.07) is 4.08. The Morgan fingerprint density at radius 3 is 2.10 bits per heavy atom. The zero-order valence-corrected chi connectivity index (χ0v) is 10.4. The van der Waals surface area contributed by atoms with Gasteiger partial charge in [0.1, 0.15) is 0 Å². The maximum Gasteiger partial charge on any atom is 0.416 e. The quantitative estimate of drug-likeness (QED) is 0.681. The molecule has 0 radical (unpaired) electrons. The lowest BCUT2D eigenvalue weighted by atomic mass is 10.0. The largest absolute Gasteiger partial charge is 0.478 e. The molecule has 0 spiro atoms. The maximum atomic E-state index is 12.4. The van der Waals surface area contributed by atoms with Gasteiger partial charge >= 0.3 is 12.1 Å². The molecule has 0 aliphatic rings. The van der Waals surface area contributed by atoms with Crippen molar-refractivity contribution in [1.29, 1.82) is 0 Å². The summed E-state index contributed by atoms with van der Waals surface area (Å²) in [5.74, 6) is -1.56. The highest BCUT2D eigenvalue weighted by atomic mass is 19.4. The van der Waals surface area contributed by atoms with E-state index in [1.165, 1.54) is 25.1 Å². The van der Waals surface area contributed by atoms with Gasteiger partial charge in [0.15, 0.2) is 5.78 Å². The van der Waals surface area contributed by atoms with Gasteiger partial charge in [0.2, 0.25) is 0 Å². The van der Waals surface area contributed by atoms with Crippen LogP contribution in [-0.4, -0.2) is 16.9 Å². The molecule has 106 valence electrons. The number of aliphatic carboxylic acids is 1. The molecule has 0 aliphatic carbocycles. The summed E-state index contributed by atoms with van der Waals surface area (Å²) in [7, 11) is 0. The SMILES string of the molecule is CC(=O)/C(=C/C=C/C(=O)O)c1ccc(C(F)(F)F)cc1. The van der Waals surface area contributed by atoms with Gasteiger partial charge in [0.25, 0.3) is 0 Å². The Kier molecular flexibility index (Phi) is 4.85. The number of ketones is 1. The van der Waals surface area contributed by atoms with Gasteiger partial charge in [0, 0.05) is 11.6 Å². The van der Waals surface area contributed by atoms with Crippen LogP contribution in [0.5, 0.6) is 0 Å². The number of carboxylic acid groups (broad SMARTS) is 1. The van der Waals surface area contributed by atoms with E-state index in [-0.39, 0.29) is 11.4 Å². The van der Waals surface area contributed by atoms with E-state index in [2.05, 4.69) is 0 Å². The van der Waals surface area contributed by atoms with Crippen LogP contribution in [0.2, 0.25) is 0 Å². The van der Waals surface area contributed by atoms with E-state index >= 15 is 0 Å². The maximum absolute atomic E-state index is 12.4. The summed E-state index contributed by atoms with van der Waals surface area (Å²) < 4.78 is 37.2. The topological polar surface area (TPSA) is 54.4 Å². The number of allylic oxidation sites excluding steroid dienone is 3. The molecule has 0 saturated heterocycles. The van der Waals surface area contributed by atoms with E-state index in [0.29, 0.717) is 5.56 Å². The summed E-state index contributed by atoms with van der Waals surface area (Å²) in [6.07, 6.45) is -1.22. The average molecular weight is 284 g/mol. The minimum Gasteiger partial charge on any atom is -0.478 e. The normalized spacial score (nSPS) is 12.7. The first-order valence-corrected chi connectivity index (χ1v) is 5.51. The fourth-order valence-electron chi connectivity index (χ4n) is 1.48. The lowest BCUT2D eigenvalue weighted by Gasteiger charge is -2.08. The molecule has 1 rings (SSSR count). The number of carbonyl (C=O) groups excluding carboxylic acids is 1. The Balaban J connectivity index is 3.11. The molecule has 0 fully saturated rings. The predicted octanol–water partition coefficient (Wildman–Crippen LogP) is 3.32. The van der Waals surface area contributed by atoms with Crippen LogP contribution in [0.4, 0.5) is 13.2 Å². The Labute approximate surface area is 113 Å². The molecule has 6 heteroatoms. The third kappa shape index (κ3) is 4.38. The van der Waals surface area contributed by atoms with Crippen molar-refractivity contribution in [3.63, 3.8) is 0 Å². The molecule has 0 aromatic heterocycles. The Morgan fingerprint density at radius 1 is 1.15 bits per heavy atom. The molecule has 0 amide bonds. The first-order chi connectivity index (χ1) is 9.21. The number of alkyl halides is 3. The summed E-state index contributed by atoms with van der Waals surface area (Å²) >= 11 is 0. The van der Waals surface area contributed by atoms with Crippen LogP contribution < -0.4 is 0 Å². The van der Waals surface area contributed by atoms with Gasteiger partial charge in [0.05, 0.1) is 5.56 Å². The van der Waals surface area contributed by atoms with Gasteiger partial charge in [-0.3, -0.25) is 4.79 Å². The van der Waals surface area contributed by atoms with E-state index in [1.807, 2.05) is 0 Å². The van der Waals surface area contributed by atoms with Crippen LogP contribution in [0.25, 0.3) is 5.57 Å². The van der Waals surface area contributed by atoms with Crippen LogP contribution in [0.3, 0.4) is 0 Å². The van der Waals surface area contributed by atoms with Crippen molar-refractivity contribution >= 4 is 17.3 Å². The standard InChI is InChI=1S/C14H11F3O3/c1-9(18)12(3-2-4-13(19)20)10-5-7-11(8-6-10)14(15,16)17/h2-8H,1H3,(H,19,20)/b4-2+,12-3-. The van der Waals surface area contributed by atoms with Crippen LogP contribution in [0.1, 0.15) is 18.1 Å². The molecule has 1 N–H and O–H groups in total. The molecule has 1 aromatic carbocycles. The van der Waals surface area contributed by atoms with E-state index in [1.54, 1.807) is 0 Å². The zero-order valence-electron chi connectivity index (χ0n) is 10.4. The van der Waals surface area contributed by atoms with Crippen molar-refractivity contribution in [2.24, 2.45) is 0 Å². The molecule has 0 saturated carbocycles. The summed E-state index contributed by atoms with van der Waals surface area (Å²) in [5.41, 5.74) is -0.387. The summed E-state index contributed by atoms with van der Waals surface area (Å²) in [4.78, 5) is 21.7. The molecule has 3 nitrogen and oxygen atoms in total. The molecule has 0 atom stereocenters. The third-order valence-electron chi connectivity index (χ3n) is 2.40. The van der Waals surface area contributed by atoms with Crippen LogP contribution in [-0.2, 0) is 15.8 Å². The number of hydrogen-bond acceptors (Lipinski definition) is 2. The highest BCUT2D eigenvalue weighted by molar-refractivity contribution is 6.19. The van der Waals surface area contributed by atoms with E-state index < -0.39 is 17.7 Å². The van der Waals surface area contributed by atoms with Crippen molar-refractivity contribution < 1.29 is 27.9 Å². The summed E-state index contributed by atoms with van der Waals surface area (Å²) in [6.45, 7) is 1.25. The number of carboxylic acids is 1. The highest BCUT2D eigenvalue weighted by Gasteiger charge is 2.30. The zero-order chi connectivity index (χ0) is 15.3. The van der Waals surface area contributed by atoms with E-state index in [4.69, 9.17) is 5.11 Å². The highest BCUT2D eigenvalue weighted by Crippen LogP contribution is 2.30. The number of carbonyl (C=O) groups is 2. The van der Waals surface area contributed by atoms with Gasteiger partial charge < -0.3 is 5.11 Å². The third-order valence-corrected chi connectivity index (χ3v) is 2.40. The molecular formula is C14H11F3O3. The van der Waals surface area contributed by atoms with Crippen molar-refractivity contribution in [2.75, 3.05) is 0 Å². The second kappa shape index (κ2) is 6.18. The lowest BCUT2D eigenvalue weighted by molar-refractivity contribution is -0.137. The second-order valence-electron chi connectivity index (χ2n) is 3.91. The van der Waals surface area contributed by atoms with Crippen LogP contribution in [0.15, 0.2) is 42.5 Å². The number of benzene rings is 1. The van der Waals surface area contributed by atoms with Gasteiger partial charge in [-0.15, -0.1) is 0 Å². The Hall–Kier alpha value is -2.37. The van der Waals surface area contributed by atoms with E-state index in [9.17, 15) is 22.8 Å². The molecule has 0 aliphatic heterocycles. The van der Waals surface area contributed by atoms with Gasteiger partial charge in [-0.1, -0.05) is 24.3 Å². The number of hydrogen-bond donors (Lipinski definition) is 1. The smallest absolute Gasteiger partial charge is 0.416 e. The minimum absolute atomic E-state index is 0.135. The summed E-state index contributed by atoms with van der Waals surface area (Å²) in [5, 5.41) is 8.44. The van der Waals surface area contributed by atoms with Gasteiger partial charge in [-0.05, 0) is 24.6 Å². The second-order valence-corrected chi connectivity index (χ2v) is 3.91. The first kappa shape index (κ1) is 15.7. The van der Waals surface area contributed by atoms with Crippen molar-refractivity contribution in [3.8, 4) is 0 Å². The lowest BCUT2D eigenvalue weighted by Crippen LogP contribution is -2.05. The molecule has 1 aromatic rings. The van der Waals surface area contributed by atoms with Crippen LogP contribution >= 0.6 is 0 Å². The number of rotatable bonds is 4. The Bertz CT molecular complexity index is 566. The van der Waals surface area contributed by atoms with Gasteiger partial charge in [-0.25, -0.2) is 4.79 Å². The molecule has 0 heterocycles. The number of halogens is 3. The monoisotopic (exact) mass is 284 g/mol. The molecule has 0 bridgehead atoms. The molecule has 20 heavy (non-hydrogen) atoms. The predicted molar refractivity (Wildman–Crippen MR) is 66.9 cm³/mol. The fraction of sp³-hybridized carbons (Fsp3) is 0.143. The van der Waals surface area contributed by atoms with Crippen molar-refractivity contribution in [2.45, 2.75) is 13.1 Å². The Morgan fingerprint density at radius 2 is 1.70 bits per heavy atom. The van der Waals surface area contributed by atoms with Crippen molar-refractivity contribution in [1.82, 2.24) is 0 Å². The molecular weight excluding hydrogens is 273 g/mol. The van der Waals surface area contributed by atoms with Gasteiger partial charge in [-0.2, -0.15) is 13.2 Å². The van der Waals surface area contributed by atoms with Crippen LogP contribution in [0, 0.1) is 0 Å². The first-order valence-electron chi connectivity index (χ1n) is 5.51.